The van der Waals surface area contributed by atoms with Crippen LogP contribution in [0.5, 0.6) is 0 Å². The number of nitrogens with zero attached hydrogens (tertiary/aromatic N) is 3. The number of hydrogen-bond donors (Lipinski definition) is 0. The van der Waals surface area contributed by atoms with Crippen LogP contribution in [0.3, 0.4) is 0 Å². The van der Waals surface area contributed by atoms with E-state index >= 15 is 0 Å². The lowest BCUT2D eigenvalue weighted by Gasteiger charge is -2.06. The number of esters is 1. The van der Waals surface area contributed by atoms with Crippen molar-refractivity contribution in [3.63, 3.8) is 0 Å². The number of carbonyl (C=O) groups excluding carboxylic acids is 1. The van der Waals surface area contributed by atoms with E-state index in [1.165, 1.54) is 12.7 Å². The van der Waals surface area contributed by atoms with Gasteiger partial charge in [0, 0.05) is 11.8 Å². The molecule has 21 heavy (non-hydrogen) atoms. The molecule has 0 aliphatic carbocycles. The highest BCUT2D eigenvalue weighted by Crippen LogP contribution is 2.23. The summed E-state index contributed by atoms with van der Waals surface area (Å²) >= 11 is 0. The Morgan fingerprint density at radius 2 is 2.00 bits per heavy atom. The van der Waals surface area contributed by atoms with E-state index in [1.807, 2.05) is 22.6 Å². The maximum atomic E-state index is 11.7. The van der Waals surface area contributed by atoms with E-state index in [0.29, 0.717) is 11.2 Å². The Labute approximate surface area is 122 Å². The molecule has 0 saturated carbocycles. The molecule has 3 rings (SSSR count). The van der Waals surface area contributed by atoms with Gasteiger partial charge in [-0.15, -0.1) is 10.2 Å². The molecule has 0 radical (unpaired) electrons. The minimum Gasteiger partial charge on any atom is -0.465 e. The zero-order valence-electron chi connectivity index (χ0n) is 11.9. The summed E-state index contributed by atoms with van der Waals surface area (Å²) in [6, 6.07) is 11.5. The Kier molecular flexibility index (Phi) is 3.39. The maximum Gasteiger partial charge on any atom is 0.339 e. The van der Waals surface area contributed by atoms with Crippen LogP contribution in [0.25, 0.3) is 17.0 Å². The zero-order chi connectivity index (χ0) is 14.8. The van der Waals surface area contributed by atoms with Gasteiger partial charge in [-0.2, -0.15) is 0 Å². The van der Waals surface area contributed by atoms with Crippen LogP contribution in [0.15, 0.2) is 42.6 Å². The van der Waals surface area contributed by atoms with Gasteiger partial charge in [-0.3, -0.25) is 4.40 Å². The van der Waals surface area contributed by atoms with Crippen molar-refractivity contribution < 1.29 is 9.53 Å². The average molecular weight is 281 g/mol. The quantitative estimate of drug-likeness (QED) is 0.693. The first-order chi connectivity index (χ1) is 10.2. The summed E-state index contributed by atoms with van der Waals surface area (Å²) in [5.74, 6) is 0.355. The lowest BCUT2D eigenvalue weighted by Crippen LogP contribution is -2.03. The summed E-state index contributed by atoms with van der Waals surface area (Å²) in [7, 11) is 1.37. The van der Waals surface area contributed by atoms with E-state index in [0.717, 1.165) is 17.8 Å². The number of hydrogen-bond acceptors (Lipinski definition) is 4. The molecule has 2 aromatic heterocycles. The predicted octanol–water partition coefficient (Wildman–Crippen LogP) is 2.75. The number of ether oxygens (including phenoxy) is 1. The SMILES string of the molecule is CCc1ccccc1-c1nnc2ccc(C(=O)OC)cn12. The van der Waals surface area contributed by atoms with E-state index in [2.05, 4.69) is 23.2 Å². The Bertz CT molecular complexity index is 808. The third kappa shape index (κ3) is 2.27. The molecule has 0 N–H and O–H groups in total. The Morgan fingerprint density at radius 1 is 1.19 bits per heavy atom. The van der Waals surface area contributed by atoms with Gasteiger partial charge in [0.1, 0.15) is 0 Å². The number of rotatable bonds is 3. The molecule has 0 unspecified atom stereocenters. The van der Waals surface area contributed by atoms with Crippen molar-refractivity contribution in [1.82, 2.24) is 14.6 Å². The van der Waals surface area contributed by atoms with Crippen LogP contribution in [0, 0.1) is 0 Å². The lowest BCUT2D eigenvalue weighted by molar-refractivity contribution is 0.0600. The molecule has 0 spiro atoms. The second-order valence-corrected chi connectivity index (χ2v) is 4.67. The summed E-state index contributed by atoms with van der Waals surface area (Å²) < 4.78 is 6.58. The molecule has 0 saturated heterocycles. The van der Waals surface area contributed by atoms with Gasteiger partial charge in [0.2, 0.25) is 0 Å². The fourth-order valence-corrected chi connectivity index (χ4v) is 2.36. The third-order valence-corrected chi connectivity index (χ3v) is 3.46. The average Bonchev–Trinajstić information content (AvgIpc) is 2.96. The molecule has 1 aromatic carbocycles. The van der Waals surface area contributed by atoms with Crippen molar-refractivity contribution in [2.45, 2.75) is 13.3 Å². The van der Waals surface area contributed by atoms with Crippen molar-refractivity contribution in [2.75, 3.05) is 7.11 Å². The molecule has 0 atom stereocenters. The van der Waals surface area contributed by atoms with Gasteiger partial charge in [0.15, 0.2) is 11.5 Å². The minimum absolute atomic E-state index is 0.375. The van der Waals surface area contributed by atoms with E-state index in [-0.39, 0.29) is 5.97 Å². The van der Waals surface area contributed by atoms with Gasteiger partial charge in [0.05, 0.1) is 12.7 Å². The first-order valence-electron chi connectivity index (χ1n) is 6.76. The summed E-state index contributed by atoms with van der Waals surface area (Å²) in [4.78, 5) is 11.7. The molecule has 0 aliphatic heterocycles. The highest BCUT2D eigenvalue weighted by molar-refractivity contribution is 5.89. The Balaban J connectivity index is 2.21. The number of pyridine rings is 1. The zero-order valence-corrected chi connectivity index (χ0v) is 11.9. The van der Waals surface area contributed by atoms with E-state index in [9.17, 15) is 4.79 Å². The molecule has 0 amide bonds. The molecule has 2 heterocycles. The minimum atomic E-state index is -0.375. The number of aryl methyl sites for hydroxylation is 1. The number of fused-ring (bicyclic) bond motifs is 1. The van der Waals surface area contributed by atoms with Crippen molar-refractivity contribution in [1.29, 1.82) is 0 Å². The van der Waals surface area contributed by atoms with Crippen LogP contribution in [0.1, 0.15) is 22.8 Å². The van der Waals surface area contributed by atoms with E-state index in [1.54, 1.807) is 18.3 Å². The molecule has 5 heteroatoms. The smallest absolute Gasteiger partial charge is 0.339 e. The van der Waals surface area contributed by atoms with Crippen LogP contribution < -0.4 is 0 Å². The van der Waals surface area contributed by atoms with Crippen LogP contribution in [0.2, 0.25) is 0 Å². The standard InChI is InChI=1S/C16H15N3O2/c1-3-11-6-4-5-7-13(11)15-18-17-14-9-8-12(10-19(14)15)16(20)21-2/h4-10H,3H2,1-2H3. The summed E-state index contributed by atoms with van der Waals surface area (Å²) in [6.45, 7) is 2.10. The van der Waals surface area contributed by atoms with Gasteiger partial charge in [0.25, 0.3) is 0 Å². The van der Waals surface area contributed by atoms with Gasteiger partial charge >= 0.3 is 5.97 Å². The number of benzene rings is 1. The third-order valence-electron chi connectivity index (χ3n) is 3.46. The van der Waals surface area contributed by atoms with Crippen LogP contribution in [0.4, 0.5) is 0 Å². The molecule has 0 fully saturated rings. The van der Waals surface area contributed by atoms with Crippen molar-refractivity contribution >= 4 is 11.6 Å². The Hall–Kier alpha value is -2.69. The van der Waals surface area contributed by atoms with Crippen LogP contribution >= 0.6 is 0 Å². The van der Waals surface area contributed by atoms with E-state index < -0.39 is 0 Å². The second-order valence-electron chi connectivity index (χ2n) is 4.67. The Morgan fingerprint density at radius 3 is 2.76 bits per heavy atom. The molecule has 3 aromatic rings. The normalized spacial score (nSPS) is 10.8. The van der Waals surface area contributed by atoms with Gasteiger partial charge in [-0.1, -0.05) is 31.2 Å². The van der Waals surface area contributed by atoms with Crippen molar-refractivity contribution in [3.8, 4) is 11.4 Å². The first-order valence-corrected chi connectivity index (χ1v) is 6.76. The fraction of sp³-hybridized carbons (Fsp3) is 0.188. The summed E-state index contributed by atoms with van der Waals surface area (Å²) in [5, 5.41) is 8.42. The van der Waals surface area contributed by atoms with Gasteiger partial charge in [-0.05, 0) is 24.1 Å². The number of methoxy groups -OCH3 is 1. The topological polar surface area (TPSA) is 56.5 Å². The second kappa shape index (κ2) is 5.36. The van der Waals surface area contributed by atoms with Gasteiger partial charge < -0.3 is 4.74 Å². The number of carbonyl (C=O) groups is 1. The molecule has 0 bridgehead atoms. The monoisotopic (exact) mass is 281 g/mol. The van der Waals surface area contributed by atoms with Crippen LogP contribution in [-0.4, -0.2) is 27.7 Å². The number of aromatic nitrogens is 3. The maximum absolute atomic E-state index is 11.7. The fourth-order valence-electron chi connectivity index (χ4n) is 2.36. The van der Waals surface area contributed by atoms with Gasteiger partial charge in [-0.25, -0.2) is 4.79 Å². The van der Waals surface area contributed by atoms with E-state index in [4.69, 9.17) is 4.74 Å². The van der Waals surface area contributed by atoms with Crippen molar-refractivity contribution in [3.05, 3.63) is 53.7 Å². The summed E-state index contributed by atoms with van der Waals surface area (Å²) in [5.41, 5.74) is 3.38. The van der Waals surface area contributed by atoms with Crippen molar-refractivity contribution in [2.24, 2.45) is 0 Å². The summed E-state index contributed by atoms with van der Waals surface area (Å²) in [6.07, 6.45) is 2.62. The lowest BCUT2D eigenvalue weighted by atomic mass is 10.0. The van der Waals surface area contributed by atoms with Crippen LogP contribution in [-0.2, 0) is 11.2 Å². The molecular weight excluding hydrogens is 266 g/mol. The highest BCUT2D eigenvalue weighted by atomic mass is 16.5. The molecule has 5 nitrogen and oxygen atoms in total. The largest absolute Gasteiger partial charge is 0.465 e. The molecule has 0 aliphatic rings. The molecule has 106 valence electrons. The first kappa shape index (κ1) is 13.3. The predicted molar refractivity (Wildman–Crippen MR) is 79.1 cm³/mol. The molecular formula is C16H15N3O2. The highest BCUT2D eigenvalue weighted by Gasteiger charge is 2.13.